The van der Waals surface area contributed by atoms with Gasteiger partial charge in [0.05, 0.1) is 27.7 Å². The van der Waals surface area contributed by atoms with Crippen molar-refractivity contribution in [3.8, 4) is 0 Å². The van der Waals surface area contributed by atoms with Gasteiger partial charge in [-0.1, -0.05) is 400 Å². The zero-order valence-corrected chi connectivity index (χ0v) is 67.5. The van der Waals surface area contributed by atoms with Gasteiger partial charge in [-0.3, -0.25) is 14.2 Å². The number of ether oxygens (including phenoxy) is 2. The molecule has 10 heteroatoms. The number of allylic oxidation sites excluding steroid dienone is 16. The predicted molar refractivity (Wildman–Crippen MR) is 434 cm³/mol. The molecular formula is C90H164NO8P. The Kier molecular flexibility index (Phi) is 77.6. The summed E-state index contributed by atoms with van der Waals surface area (Å²) in [5.41, 5.74) is 0. The molecular weight excluding hydrogens is 1250 g/mol. The van der Waals surface area contributed by atoms with Crippen molar-refractivity contribution < 1.29 is 42.1 Å². The number of likely N-dealkylation sites (N-methyl/N-ethyl adjacent to an activating group) is 1. The first-order valence-corrected chi connectivity index (χ1v) is 44.4. The molecule has 0 radical (unpaired) electrons. The minimum atomic E-state index is -4.65. The summed E-state index contributed by atoms with van der Waals surface area (Å²) in [6.07, 6.45) is 113. The standard InChI is InChI=1S/C90H164NO8P/c1-6-8-10-12-14-16-18-20-22-24-26-28-30-32-34-36-38-40-42-44-45-47-49-51-53-55-57-59-61-63-65-67-69-71-73-75-77-79-81-83-90(93)99-88(87-98-100(94,95)97-85-84-91(3,4)5)86-96-89(92)82-80-78-76-74-72-70-68-66-64-62-60-58-56-54-52-50-48-46-43-41-39-37-35-33-31-29-27-25-23-21-19-17-15-13-11-9-7-2/h8,10,14,16,20,22,25-28,32,34,38,40,44-45,88H,6-7,9,11-13,15,17-19,21,23-24,29-31,33,35-37,39,41-43,46-87H2,1-5H3/b10-8-,16-14-,22-20-,27-25-,28-26-,34-32-,40-38-,45-44-. The van der Waals surface area contributed by atoms with Gasteiger partial charge < -0.3 is 27.9 Å². The molecule has 0 saturated carbocycles. The maximum absolute atomic E-state index is 12.9. The Balaban J connectivity index is 3.91. The van der Waals surface area contributed by atoms with Gasteiger partial charge in [0.25, 0.3) is 7.82 Å². The Labute approximate surface area is 621 Å². The maximum Gasteiger partial charge on any atom is 0.306 e. The minimum absolute atomic E-state index is 0.0306. The SMILES string of the molecule is CC/C=C\C/C=C\C/C=C\C/C=C\C/C=C\C/C=C\C/C=C\CCCCCCCCCCCCCCCCCCCC(=O)OC(COC(=O)CCCCCCCCCCCCCCCCCCCCCCCCCCC/C=C\CCCCCCCCCC)COP(=O)([O-])OCC[N+](C)(C)C. The lowest BCUT2D eigenvalue weighted by molar-refractivity contribution is -0.870. The van der Waals surface area contributed by atoms with Crippen LogP contribution in [0.25, 0.3) is 0 Å². The minimum Gasteiger partial charge on any atom is -0.756 e. The molecule has 0 aliphatic carbocycles. The van der Waals surface area contributed by atoms with E-state index in [9.17, 15) is 19.0 Å². The van der Waals surface area contributed by atoms with Crippen LogP contribution in [0.15, 0.2) is 97.2 Å². The highest BCUT2D eigenvalue weighted by Crippen LogP contribution is 2.38. The number of phosphoric ester groups is 1. The smallest absolute Gasteiger partial charge is 0.306 e. The quantitative estimate of drug-likeness (QED) is 0.0195. The second-order valence-corrected chi connectivity index (χ2v) is 31.6. The topological polar surface area (TPSA) is 111 Å². The number of hydrogen-bond acceptors (Lipinski definition) is 8. The van der Waals surface area contributed by atoms with Gasteiger partial charge in [0, 0.05) is 12.8 Å². The summed E-state index contributed by atoms with van der Waals surface area (Å²) in [4.78, 5) is 38.2. The number of nitrogens with zero attached hydrogens (tertiary/aromatic N) is 1. The zero-order chi connectivity index (χ0) is 72.5. The van der Waals surface area contributed by atoms with Gasteiger partial charge in [-0.05, 0) is 96.3 Å². The average molecular weight is 1420 g/mol. The van der Waals surface area contributed by atoms with Crippen LogP contribution in [0.3, 0.4) is 0 Å². The highest BCUT2D eigenvalue weighted by atomic mass is 31.2. The van der Waals surface area contributed by atoms with E-state index < -0.39 is 26.5 Å². The fourth-order valence-corrected chi connectivity index (χ4v) is 13.3. The van der Waals surface area contributed by atoms with Crippen molar-refractivity contribution in [2.45, 2.75) is 418 Å². The van der Waals surface area contributed by atoms with Crippen molar-refractivity contribution in [1.82, 2.24) is 0 Å². The van der Waals surface area contributed by atoms with E-state index in [0.29, 0.717) is 17.4 Å². The summed E-state index contributed by atoms with van der Waals surface area (Å²) in [6, 6.07) is 0. The van der Waals surface area contributed by atoms with Crippen LogP contribution in [-0.4, -0.2) is 70.0 Å². The van der Waals surface area contributed by atoms with E-state index in [1.807, 2.05) is 21.1 Å². The molecule has 0 aromatic carbocycles. The van der Waals surface area contributed by atoms with Crippen LogP contribution in [0, 0.1) is 0 Å². The molecule has 0 saturated heterocycles. The third kappa shape index (κ3) is 83.9. The van der Waals surface area contributed by atoms with Crippen LogP contribution in [-0.2, 0) is 32.7 Å². The molecule has 0 aliphatic heterocycles. The third-order valence-corrected chi connectivity index (χ3v) is 20.1. The molecule has 582 valence electrons. The monoisotopic (exact) mass is 1420 g/mol. The van der Waals surface area contributed by atoms with Crippen molar-refractivity contribution in [1.29, 1.82) is 0 Å². The summed E-state index contributed by atoms with van der Waals surface area (Å²) in [7, 11) is 1.18. The fraction of sp³-hybridized carbons (Fsp3) is 0.800. The summed E-state index contributed by atoms with van der Waals surface area (Å²) in [5.74, 6) is -0.814. The summed E-state index contributed by atoms with van der Waals surface area (Å²) in [6.45, 7) is 4.19. The highest BCUT2D eigenvalue weighted by molar-refractivity contribution is 7.45. The van der Waals surface area contributed by atoms with Crippen molar-refractivity contribution in [2.24, 2.45) is 0 Å². The van der Waals surface area contributed by atoms with E-state index in [1.165, 1.54) is 295 Å². The van der Waals surface area contributed by atoms with Crippen LogP contribution in [0.5, 0.6) is 0 Å². The van der Waals surface area contributed by atoms with Crippen molar-refractivity contribution >= 4 is 19.8 Å². The van der Waals surface area contributed by atoms with E-state index in [0.717, 1.165) is 83.5 Å². The van der Waals surface area contributed by atoms with Crippen molar-refractivity contribution in [2.75, 3.05) is 47.5 Å². The molecule has 0 heterocycles. The van der Waals surface area contributed by atoms with Crippen molar-refractivity contribution in [3.63, 3.8) is 0 Å². The summed E-state index contributed by atoms with van der Waals surface area (Å²) < 4.78 is 34.5. The lowest BCUT2D eigenvalue weighted by atomic mass is 10.0. The Morgan fingerprint density at radius 1 is 0.320 bits per heavy atom. The van der Waals surface area contributed by atoms with Gasteiger partial charge in [-0.15, -0.1) is 0 Å². The van der Waals surface area contributed by atoms with Crippen LogP contribution in [0.1, 0.15) is 412 Å². The van der Waals surface area contributed by atoms with Gasteiger partial charge in [0.2, 0.25) is 0 Å². The Morgan fingerprint density at radius 2 is 0.570 bits per heavy atom. The van der Waals surface area contributed by atoms with Gasteiger partial charge >= 0.3 is 11.9 Å². The zero-order valence-electron chi connectivity index (χ0n) is 66.6. The first kappa shape index (κ1) is 96.9. The normalized spacial score (nSPS) is 13.5. The van der Waals surface area contributed by atoms with Crippen molar-refractivity contribution in [3.05, 3.63) is 97.2 Å². The number of phosphoric acid groups is 1. The molecule has 9 nitrogen and oxygen atoms in total. The van der Waals surface area contributed by atoms with Crippen LogP contribution >= 0.6 is 7.82 Å². The van der Waals surface area contributed by atoms with Gasteiger partial charge in [0.15, 0.2) is 6.10 Å². The molecule has 0 bridgehead atoms. The number of quaternary nitrogens is 1. The third-order valence-electron chi connectivity index (χ3n) is 19.1. The first-order chi connectivity index (χ1) is 49.0. The molecule has 0 N–H and O–H groups in total. The number of rotatable bonds is 80. The van der Waals surface area contributed by atoms with E-state index in [1.54, 1.807) is 0 Å². The number of carbonyl (C=O) groups excluding carboxylic acids is 2. The second kappa shape index (κ2) is 80.0. The van der Waals surface area contributed by atoms with E-state index in [2.05, 4.69) is 111 Å². The van der Waals surface area contributed by atoms with E-state index in [-0.39, 0.29) is 32.0 Å². The van der Waals surface area contributed by atoms with Gasteiger partial charge in [0.1, 0.15) is 19.8 Å². The number of esters is 2. The van der Waals surface area contributed by atoms with Gasteiger partial charge in [-0.2, -0.15) is 0 Å². The largest absolute Gasteiger partial charge is 0.756 e. The highest BCUT2D eigenvalue weighted by Gasteiger charge is 2.22. The molecule has 100 heavy (non-hydrogen) atoms. The number of carbonyl (C=O) groups is 2. The Morgan fingerprint density at radius 3 is 0.860 bits per heavy atom. The Bertz CT molecular complexity index is 2010. The molecule has 2 unspecified atom stereocenters. The van der Waals surface area contributed by atoms with Crippen LogP contribution < -0.4 is 4.89 Å². The summed E-state index contributed by atoms with van der Waals surface area (Å²) in [5, 5.41) is 0. The van der Waals surface area contributed by atoms with E-state index in [4.69, 9.17) is 18.5 Å². The molecule has 2 atom stereocenters. The molecule has 0 rings (SSSR count). The molecule has 0 aromatic rings. The fourth-order valence-electron chi connectivity index (χ4n) is 12.6. The molecule has 0 fully saturated rings. The predicted octanol–water partition coefficient (Wildman–Crippen LogP) is 28.3. The van der Waals surface area contributed by atoms with Crippen LogP contribution in [0.2, 0.25) is 0 Å². The first-order valence-electron chi connectivity index (χ1n) is 42.9. The van der Waals surface area contributed by atoms with Gasteiger partial charge in [-0.25, -0.2) is 0 Å². The lowest BCUT2D eigenvalue weighted by Crippen LogP contribution is -2.37. The molecule has 0 aliphatic rings. The number of hydrogen-bond donors (Lipinski definition) is 0. The average Bonchev–Trinajstić information content (AvgIpc) is 1.07. The summed E-state index contributed by atoms with van der Waals surface area (Å²) >= 11 is 0. The Hall–Kier alpha value is -3.07. The maximum atomic E-state index is 12.9. The molecule has 0 aromatic heterocycles. The van der Waals surface area contributed by atoms with Crippen LogP contribution in [0.4, 0.5) is 0 Å². The molecule has 0 spiro atoms. The molecule has 0 amide bonds. The van der Waals surface area contributed by atoms with E-state index >= 15 is 0 Å². The second-order valence-electron chi connectivity index (χ2n) is 30.2. The number of unbranched alkanes of at least 4 members (excludes halogenated alkanes) is 50. The lowest BCUT2D eigenvalue weighted by Gasteiger charge is -2.28.